The molecule has 6 nitrogen and oxygen atoms in total. The summed E-state index contributed by atoms with van der Waals surface area (Å²) in [6, 6.07) is 0.614. The van der Waals surface area contributed by atoms with Crippen LogP contribution in [0, 0.1) is 23.7 Å². The number of hydrogen-bond donors (Lipinski definition) is 4. The van der Waals surface area contributed by atoms with Gasteiger partial charge in [0.25, 0.3) is 0 Å². The van der Waals surface area contributed by atoms with Crippen molar-refractivity contribution in [3.8, 4) is 0 Å². The lowest BCUT2D eigenvalue weighted by molar-refractivity contribution is -0.124. The van der Waals surface area contributed by atoms with Gasteiger partial charge in [0.15, 0.2) is 0 Å². The molecule has 2 amide bonds. The molecule has 0 saturated heterocycles. The van der Waals surface area contributed by atoms with E-state index in [-0.39, 0.29) is 31.4 Å². The average molecular weight is 411 g/mol. The van der Waals surface area contributed by atoms with Crippen LogP contribution in [0.2, 0.25) is 0 Å². The van der Waals surface area contributed by atoms with E-state index in [4.69, 9.17) is 0 Å². The minimum atomic E-state index is -0.163. The van der Waals surface area contributed by atoms with Crippen molar-refractivity contribution in [3.63, 3.8) is 0 Å². The normalized spacial score (nSPS) is 36.7. The van der Waals surface area contributed by atoms with E-state index in [0.717, 1.165) is 64.2 Å². The van der Waals surface area contributed by atoms with Gasteiger partial charge < -0.3 is 20.8 Å². The molecule has 0 heterocycles. The minimum Gasteiger partial charge on any atom is -0.393 e. The molecule has 168 valence electrons. The maximum absolute atomic E-state index is 11.5. The molecule has 4 aliphatic rings. The molecule has 0 spiro atoms. The van der Waals surface area contributed by atoms with Crippen molar-refractivity contribution in [1.29, 1.82) is 0 Å². The number of carbonyl (C=O) groups excluding carboxylic acids is 2. The molecule has 29 heavy (non-hydrogen) atoms. The average Bonchev–Trinajstić information content (AvgIpc) is 3.54. The highest BCUT2D eigenvalue weighted by Crippen LogP contribution is 2.31. The van der Waals surface area contributed by atoms with Crippen LogP contribution in [0.1, 0.15) is 85.5 Å². The lowest BCUT2D eigenvalue weighted by Crippen LogP contribution is -2.42. The van der Waals surface area contributed by atoms with Crippen LogP contribution >= 0.6 is 0 Å². The van der Waals surface area contributed by atoms with E-state index in [2.05, 4.69) is 24.5 Å². The fourth-order valence-electron chi connectivity index (χ4n) is 4.35. The Morgan fingerprint density at radius 1 is 0.655 bits per heavy atom. The van der Waals surface area contributed by atoms with Gasteiger partial charge in [0, 0.05) is 23.9 Å². The molecule has 6 atom stereocenters. The molecular weight excluding hydrogens is 368 g/mol. The second kappa shape index (κ2) is 10.8. The van der Waals surface area contributed by atoms with Crippen molar-refractivity contribution in [2.45, 2.75) is 110 Å². The Kier molecular flexibility index (Phi) is 8.95. The minimum absolute atomic E-state index is 0. The van der Waals surface area contributed by atoms with Crippen LogP contribution in [0.5, 0.6) is 0 Å². The van der Waals surface area contributed by atoms with E-state index in [0.29, 0.717) is 35.8 Å². The van der Waals surface area contributed by atoms with Crippen molar-refractivity contribution < 1.29 is 19.8 Å². The summed E-state index contributed by atoms with van der Waals surface area (Å²) in [4.78, 5) is 23.0. The van der Waals surface area contributed by atoms with Gasteiger partial charge in [-0.15, -0.1) is 0 Å². The molecule has 4 N–H and O–H groups in total. The third kappa shape index (κ3) is 7.56. The topological polar surface area (TPSA) is 98.7 Å². The highest BCUT2D eigenvalue weighted by Gasteiger charge is 2.34. The monoisotopic (exact) mass is 410 g/mol. The summed E-state index contributed by atoms with van der Waals surface area (Å²) in [5.41, 5.74) is 0. The Hall–Kier alpha value is -1.14. The van der Waals surface area contributed by atoms with E-state index in [9.17, 15) is 19.8 Å². The summed E-state index contributed by atoms with van der Waals surface area (Å²) in [6.07, 6.45) is 9.33. The third-order valence-corrected chi connectivity index (χ3v) is 6.84. The Labute approximate surface area is 176 Å². The van der Waals surface area contributed by atoms with Crippen LogP contribution in [0.25, 0.3) is 0 Å². The maximum Gasteiger partial charge on any atom is 0.223 e. The standard InChI is InChI=1S/2C11H19NO2.CH4/c2*1-7-6-9(4-5-10(7)13)12-11(14)8-2-3-8;/h2*7-10,13H,2-6H2,1H3,(H,12,14);1H4/t2*7-,9+,10-;/m10./s1. The van der Waals surface area contributed by atoms with E-state index in [1.165, 1.54) is 0 Å². The van der Waals surface area contributed by atoms with Gasteiger partial charge in [0.05, 0.1) is 12.2 Å². The molecule has 0 radical (unpaired) electrons. The lowest BCUT2D eigenvalue weighted by atomic mass is 9.84. The number of nitrogens with one attached hydrogen (secondary N) is 2. The zero-order chi connectivity index (χ0) is 20.3. The number of hydrogen-bond acceptors (Lipinski definition) is 4. The van der Waals surface area contributed by atoms with Crippen LogP contribution in [-0.2, 0) is 9.59 Å². The molecule has 4 aliphatic carbocycles. The molecular formula is C23H42N2O4. The van der Waals surface area contributed by atoms with Gasteiger partial charge in [-0.05, 0) is 76.0 Å². The molecule has 0 aromatic rings. The van der Waals surface area contributed by atoms with Crippen LogP contribution in [0.4, 0.5) is 0 Å². The fourth-order valence-corrected chi connectivity index (χ4v) is 4.35. The molecule has 0 aromatic heterocycles. The van der Waals surface area contributed by atoms with E-state index in [1.807, 2.05) is 0 Å². The van der Waals surface area contributed by atoms with Gasteiger partial charge in [-0.3, -0.25) is 9.59 Å². The van der Waals surface area contributed by atoms with Crippen molar-refractivity contribution in [2.24, 2.45) is 23.7 Å². The highest BCUT2D eigenvalue weighted by molar-refractivity contribution is 5.81. The van der Waals surface area contributed by atoms with Crippen molar-refractivity contribution in [1.82, 2.24) is 10.6 Å². The molecule has 0 unspecified atom stereocenters. The van der Waals surface area contributed by atoms with E-state index < -0.39 is 0 Å². The summed E-state index contributed by atoms with van der Waals surface area (Å²) >= 11 is 0. The van der Waals surface area contributed by atoms with Crippen LogP contribution < -0.4 is 10.6 Å². The zero-order valence-electron chi connectivity index (χ0n) is 17.4. The Balaban J connectivity index is 0.000000200. The highest BCUT2D eigenvalue weighted by atomic mass is 16.3. The number of rotatable bonds is 4. The van der Waals surface area contributed by atoms with E-state index in [1.54, 1.807) is 0 Å². The van der Waals surface area contributed by atoms with Gasteiger partial charge in [-0.2, -0.15) is 0 Å². The number of aliphatic hydroxyl groups is 2. The summed E-state index contributed by atoms with van der Waals surface area (Å²) in [5.74, 6) is 1.73. The molecule has 4 fully saturated rings. The maximum atomic E-state index is 11.5. The quantitative estimate of drug-likeness (QED) is 0.573. The molecule has 0 bridgehead atoms. The predicted molar refractivity (Wildman–Crippen MR) is 114 cm³/mol. The summed E-state index contributed by atoms with van der Waals surface area (Å²) in [5, 5.41) is 25.2. The molecule has 0 aliphatic heterocycles. The first-order chi connectivity index (χ1) is 13.3. The molecule has 0 aromatic carbocycles. The van der Waals surface area contributed by atoms with E-state index >= 15 is 0 Å². The smallest absolute Gasteiger partial charge is 0.223 e. The Morgan fingerprint density at radius 2 is 1.00 bits per heavy atom. The summed E-state index contributed by atoms with van der Waals surface area (Å²) in [7, 11) is 0. The van der Waals surface area contributed by atoms with Gasteiger partial charge in [-0.25, -0.2) is 0 Å². The van der Waals surface area contributed by atoms with Crippen molar-refractivity contribution in [3.05, 3.63) is 0 Å². The second-order valence-corrected chi connectivity index (χ2v) is 9.67. The first-order valence-electron chi connectivity index (χ1n) is 11.3. The first kappa shape index (κ1) is 24.1. The van der Waals surface area contributed by atoms with Gasteiger partial charge in [0.2, 0.25) is 11.8 Å². The first-order valence-corrected chi connectivity index (χ1v) is 11.3. The van der Waals surface area contributed by atoms with Crippen molar-refractivity contribution >= 4 is 11.8 Å². The SMILES string of the molecule is C.C[C@@H]1C[C@@H](NC(=O)C2CC2)CC[C@H]1O.C[C@H]1C[C@H](NC(=O)C2CC2)CC[C@@H]1O. The summed E-state index contributed by atoms with van der Waals surface area (Å²) in [6.45, 7) is 4.11. The second-order valence-electron chi connectivity index (χ2n) is 9.67. The molecule has 4 saturated carbocycles. The Bertz CT molecular complexity index is 499. The Morgan fingerprint density at radius 3 is 1.28 bits per heavy atom. The largest absolute Gasteiger partial charge is 0.393 e. The van der Waals surface area contributed by atoms with Gasteiger partial charge in [0.1, 0.15) is 0 Å². The van der Waals surface area contributed by atoms with Crippen LogP contribution in [0.15, 0.2) is 0 Å². The lowest BCUT2D eigenvalue weighted by Gasteiger charge is -2.31. The van der Waals surface area contributed by atoms with Crippen LogP contribution in [0.3, 0.4) is 0 Å². The van der Waals surface area contributed by atoms with Crippen LogP contribution in [-0.4, -0.2) is 46.3 Å². The number of carbonyl (C=O) groups is 2. The number of amides is 2. The van der Waals surface area contributed by atoms with Gasteiger partial charge in [-0.1, -0.05) is 21.3 Å². The molecule has 4 rings (SSSR count). The van der Waals surface area contributed by atoms with Gasteiger partial charge >= 0.3 is 0 Å². The molecule has 6 heteroatoms. The third-order valence-electron chi connectivity index (χ3n) is 6.84. The predicted octanol–water partition coefficient (Wildman–Crippen LogP) is 2.76. The fraction of sp³-hybridized carbons (Fsp3) is 0.913. The zero-order valence-corrected chi connectivity index (χ0v) is 17.4. The summed E-state index contributed by atoms with van der Waals surface area (Å²) < 4.78 is 0. The van der Waals surface area contributed by atoms with Crippen molar-refractivity contribution in [2.75, 3.05) is 0 Å². The number of aliphatic hydroxyl groups excluding tert-OH is 2.